The van der Waals surface area contributed by atoms with E-state index in [4.69, 9.17) is 10.5 Å². The van der Waals surface area contributed by atoms with E-state index < -0.39 is 0 Å². The molecule has 0 aliphatic heterocycles. The maximum Gasteiger partial charge on any atom is 0.158 e. The van der Waals surface area contributed by atoms with Crippen LogP contribution in [0.15, 0.2) is 6.07 Å². The Labute approximate surface area is 102 Å². The number of aromatic nitrogens is 2. The average molecular weight is 239 g/mol. The van der Waals surface area contributed by atoms with Crippen LogP contribution in [0.25, 0.3) is 0 Å². The number of nitrogens with one attached hydrogen (secondary N) is 1. The Morgan fingerprint density at radius 3 is 2.76 bits per heavy atom. The fourth-order valence-electron chi connectivity index (χ4n) is 1.63. The van der Waals surface area contributed by atoms with Crippen molar-refractivity contribution < 1.29 is 4.74 Å². The van der Waals surface area contributed by atoms with Crippen molar-refractivity contribution in [2.45, 2.75) is 19.6 Å². The zero-order valence-corrected chi connectivity index (χ0v) is 10.9. The number of ether oxygens (including phenoxy) is 1. The summed E-state index contributed by atoms with van der Waals surface area (Å²) in [4.78, 5) is 10.5. The molecule has 6 heteroatoms. The Kier molecular flexibility index (Phi) is 5.11. The van der Waals surface area contributed by atoms with Crippen LogP contribution < -0.4 is 11.1 Å². The summed E-state index contributed by atoms with van der Waals surface area (Å²) in [6.07, 6.45) is 0. The molecule has 0 spiro atoms. The third kappa shape index (κ3) is 4.97. The number of nitrogens with zero attached hydrogens (tertiary/aromatic N) is 3. The van der Waals surface area contributed by atoms with Crippen LogP contribution in [0.5, 0.6) is 0 Å². The molecule has 1 heterocycles. The Morgan fingerprint density at radius 2 is 2.18 bits per heavy atom. The van der Waals surface area contributed by atoms with E-state index in [1.54, 1.807) is 13.2 Å². The zero-order valence-electron chi connectivity index (χ0n) is 10.9. The molecule has 0 saturated heterocycles. The van der Waals surface area contributed by atoms with Crippen LogP contribution >= 0.6 is 0 Å². The molecule has 0 radical (unpaired) electrons. The van der Waals surface area contributed by atoms with E-state index in [1.807, 2.05) is 14.1 Å². The van der Waals surface area contributed by atoms with Crippen LogP contribution in [-0.4, -0.2) is 48.7 Å². The van der Waals surface area contributed by atoms with Crippen molar-refractivity contribution in [3.8, 4) is 0 Å². The molecule has 1 aromatic rings. The number of hydrogen-bond donors (Lipinski definition) is 2. The summed E-state index contributed by atoms with van der Waals surface area (Å²) >= 11 is 0. The fraction of sp³-hybridized carbons (Fsp3) is 0.636. The van der Waals surface area contributed by atoms with E-state index in [2.05, 4.69) is 27.1 Å². The molecule has 0 aliphatic carbocycles. The van der Waals surface area contributed by atoms with Crippen molar-refractivity contribution in [3.05, 3.63) is 11.9 Å². The van der Waals surface area contributed by atoms with Crippen molar-refractivity contribution in [2.24, 2.45) is 0 Å². The molecule has 1 unspecified atom stereocenters. The van der Waals surface area contributed by atoms with Gasteiger partial charge in [0.2, 0.25) is 0 Å². The average Bonchev–Trinajstić information content (AvgIpc) is 2.14. The third-order valence-electron chi connectivity index (χ3n) is 2.10. The van der Waals surface area contributed by atoms with Gasteiger partial charge in [0.05, 0.1) is 0 Å². The maximum absolute atomic E-state index is 5.71. The topological polar surface area (TPSA) is 76.3 Å². The van der Waals surface area contributed by atoms with Gasteiger partial charge in [-0.15, -0.1) is 0 Å². The van der Waals surface area contributed by atoms with Gasteiger partial charge in [0.25, 0.3) is 0 Å². The Hall–Kier alpha value is -1.40. The van der Waals surface area contributed by atoms with Gasteiger partial charge < -0.3 is 20.7 Å². The highest BCUT2D eigenvalue weighted by Crippen LogP contribution is 2.10. The van der Waals surface area contributed by atoms with E-state index >= 15 is 0 Å². The number of nitrogen functional groups attached to an aromatic ring is 1. The van der Waals surface area contributed by atoms with Crippen molar-refractivity contribution in [1.82, 2.24) is 14.9 Å². The molecule has 17 heavy (non-hydrogen) atoms. The van der Waals surface area contributed by atoms with E-state index in [1.165, 1.54) is 0 Å². The molecule has 1 aromatic heterocycles. The molecule has 1 rings (SSSR count). The first-order valence-electron chi connectivity index (χ1n) is 5.55. The SMILES string of the molecule is COCc1nc(N)cc(NC(C)CN(C)C)n1. The normalized spacial score (nSPS) is 12.8. The predicted octanol–water partition coefficient (Wildman–Crippen LogP) is 0.567. The molecule has 0 aromatic carbocycles. The highest BCUT2D eigenvalue weighted by atomic mass is 16.5. The number of nitrogens with two attached hydrogens (primary N) is 1. The lowest BCUT2D eigenvalue weighted by molar-refractivity contribution is 0.178. The van der Waals surface area contributed by atoms with Crippen LogP contribution in [0.3, 0.4) is 0 Å². The summed E-state index contributed by atoms with van der Waals surface area (Å²) in [5.74, 6) is 1.78. The maximum atomic E-state index is 5.71. The van der Waals surface area contributed by atoms with Gasteiger partial charge in [0, 0.05) is 25.8 Å². The molecule has 0 amide bonds. The van der Waals surface area contributed by atoms with Crippen molar-refractivity contribution >= 4 is 11.6 Å². The summed E-state index contributed by atoms with van der Waals surface area (Å²) in [6, 6.07) is 2.01. The zero-order chi connectivity index (χ0) is 12.8. The lowest BCUT2D eigenvalue weighted by Gasteiger charge is -2.19. The highest BCUT2D eigenvalue weighted by molar-refractivity contribution is 5.45. The second-order valence-electron chi connectivity index (χ2n) is 4.33. The van der Waals surface area contributed by atoms with E-state index in [-0.39, 0.29) is 6.04 Å². The highest BCUT2D eigenvalue weighted by Gasteiger charge is 2.07. The molecule has 96 valence electrons. The summed E-state index contributed by atoms with van der Waals surface area (Å²) in [5, 5.41) is 3.28. The van der Waals surface area contributed by atoms with Gasteiger partial charge in [-0.2, -0.15) is 0 Å². The molecule has 1 atom stereocenters. The van der Waals surface area contributed by atoms with Gasteiger partial charge in [-0.1, -0.05) is 0 Å². The third-order valence-corrected chi connectivity index (χ3v) is 2.10. The van der Waals surface area contributed by atoms with Gasteiger partial charge >= 0.3 is 0 Å². The van der Waals surface area contributed by atoms with E-state index in [0.717, 1.165) is 12.4 Å². The van der Waals surface area contributed by atoms with Gasteiger partial charge in [0.1, 0.15) is 18.2 Å². The molecule has 0 aliphatic rings. The van der Waals surface area contributed by atoms with Crippen LogP contribution in [0.4, 0.5) is 11.6 Å². The van der Waals surface area contributed by atoms with Crippen molar-refractivity contribution in [2.75, 3.05) is 38.8 Å². The molecule has 3 N–H and O–H groups in total. The van der Waals surface area contributed by atoms with Crippen LogP contribution in [0, 0.1) is 0 Å². The second-order valence-corrected chi connectivity index (χ2v) is 4.33. The minimum Gasteiger partial charge on any atom is -0.384 e. The number of anilines is 2. The van der Waals surface area contributed by atoms with Crippen molar-refractivity contribution in [1.29, 1.82) is 0 Å². The van der Waals surface area contributed by atoms with Crippen LogP contribution in [0.1, 0.15) is 12.7 Å². The molecular formula is C11H21N5O. The van der Waals surface area contributed by atoms with Crippen LogP contribution in [0.2, 0.25) is 0 Å². The van der Waals surface area contributed by atoms with Crippen LogP contribution in [-0.2, 0) is 11.3 Å². The lowest BCUT2D eigenvalue weighted by Crippen LogP contribution is -2.30. The van der Waals surface area contributed by atoms with E-state index in [0.29, 0.717) is 18.2 Å². The molecule has 0 saturated carbocycles. The second kappa shape index (κ2) is 6.36. The number of methoxy groups -OCH3 is 1. The predicted molar refractivity (Wildman–Crippen MR) is 68.8 cm³/mol. The first kappa shape index (κ1) is 13.7. The summed E-state index contributed by atoms with van der Waals surface area (Å²) in [6.45, 7) is 3.37. The monoisotopic (exact) mass is 239 g/mol. The molecule has 0 bridgehead atoms. The van der Waals surface area contributed by atoms with E-state index in [9.17, 15) is 0 Å². The smallest absolute Gasteiger partial charge is 0.158 e. The molecular weight excluding hydrogens is 218 g/mol. The molecule has 6 nitrogen and oxygen atoms in total. The van der Waals surface area contributed by atoms with Gasteiger partial charge in [-0.3, -0.25) is 0 Å². The summed E-state index contributed by atoms with van der Waals surface area (Å²) in [7, 11) is 5.67. The number of rotatable bonds is 6. The largest absolute Gasteiger partial charge is 0.384 e. The fourth-order valence-corrected chi connectivity index (χ4v) is 1.63. The minimum atomic E-state index is 0.287. The number of likely N-dealkylation sites (N-methyl/N-ethyl adjacent to an activating group) is 1. The van der Waals surface area contributed by atoms with Gasteiger partial charge in [-0.25, -0.2) is 9.97 Å². The Morgan fingerprint density at radius 1 is 1.47 bits per heavy atom. The standard InChI is InChI=1S/C11H21N5O/c1-8(6-16(2)3)13-10-5-9(12)14-11(15-10)7-17-4/h5,8H,6-7H2,1-4H3,(H3,12,13,14,15). The first-order valence-corrected chi connectivity index (χ1v) is 5.55. The summed E-state index contributed by atoms with van der Waals surface area (Å²) in [5.41, 5.74) is 5.71. The van der Waals surface area contributed by atoms with Gasteiger partial charge in [-0.05, 0) is 21.0 Å². The first-order chi connectivity index (χ1) is 8.01. The Balaban J connectivity index is 2.69. The van der Waals surface area contributed by atoms with Crippen molar-refractivity contribution in [3.63, 3.8) is 0 Å². The molecule has 0 fully saturated rings. The lowest BCUT2D eigenvalue weighted by atomic mass is 10.3. The van der Waals surface area contributed by atoms with Gasteiger partial charge in [0.15, 0.2) is 5.82 Å². The summed E-state index contributed by atoms with van der Waals surface area (Å²) < 4.78 is 4.99. The quantitative estimate of drug-likeness (QED) is 0.755. The Bertz CT molecular complexity index is 356. The minimum absolute atomic E-state index is 0.287. The number of hydrogen-bond acceptors (Lipinski definition) is 6.